The third-order valence-corrected chi connectivity index (χ3v) is 3.57. The number of rotatable bonds is 6. The highest BCUT2D eigenvalue weighted by molar-refractivity contribution is 8.13. The highest BCUT2D eigenvalue weighted by Crippen LogP contribution is 2.23. The van der Waals surface area contributed by atoms with E-state index in [-0.39, 0.29) is 21.4 Å². The first-order valence-corrected chi connectivity index (χ1v) is 7.00. The van der Waals surface area contributed by atoms with Gasteiger partial charge < -0.3 is 4.74 Å². The lowest BCUT2D eigenvalue weighted by Gasteiger charge is -2.29. The highest BCUT2D eigenvalue weighted by atomic mass is 32.2. The van der Waals surface area contributed by atoms with Gasteiger partial charge >= 0.3 is 0 Å². The summed E-state index contributed by atoms with van der Waals surface area (Å²) < 4.78 is 5.64. The molecular weight excluding hydrogens is 240 g/mol. The maximum absolute atomic E-state index is 11.5. The zero-order chi connectivity index (χ0) is 13.0. The first-order chi connectivity index (χ1) is 7.03. The smallest absolute Gasteiger partial charge is 0.191 e. The summed E-state index contributed by atoms with van der Waals surface area (Å²) >= 11 is 5.76. The van der Waals surface area contributed by atoms with Crippen LogP contribution in [0.2, 0.25) is 0 Å². The van der Waals surface area contributed by atoms with E-state index in [2.05, 4.69) is 12.6 Å². The second-order valence-electron chi connectivity index (χ2n) is 5.62. The molecule has 16 heavy (non-hydrogen) atoms. The van der Waals surface area contributed by atoms with Crippen LogP contribution in [0, 0.1) is 5.92 Å². The normalized spacial score (nSPS) is 13.2. The van der Waals surface area contributed by atoms with Crippen LogP contribution in [0.15, 0.2) is 0 Å². The molecule has 0 N–H and O–H groups in total. The molecule has 0 aromatic heterocycles. The van der Waals surface area contributed by atoms with Gasteiger partial charge in [-0.25, -0.2) is 0 Å². The standard InChI is InChI=1S/C12H24O2S2/c1-9(2)10(13)16-8-11(3,4)14-7-12(5,6)15/h9,15H,7-8H2,1-6H3. The third-order valence-electron chi connectivity index (χ3n) is 1.85. The predicted octanol–water partition coefficient (Wildman–Crippen LogP) is 3.41. The minimum absolute atomic E-state index is 0.0853. The van der Waals surface area contributed by atoms with Crippen molar-refractivity contribution in [3.8, 4) is 0 Å². The van der Waals surface area contributed by atoms with Crippen LogP contribution < -0.4 is 0 Å². The van der Waals surface area contributed by atoms with Gasteiger partial charge in [0.1, 0.15) is 0 Å². The van der Waals surface area contributed by atoms with E-state index in [9.17, 15) is 4.79 Å². The summed E-state index contributed by atoms with van der Waals surface area (Å²) in [5.74, 6) is 0.774. The number of hydrogen-bond donors (Lipinski definition) is 1. The quantitative estimate of drug-likeness (QED) is 0.745. The summed E-state index contributed by atoms with van der Waals surface area (Å²) in [6.45, 7) is 12.5. The number of carbonyl (C=O) groups excluding carboxylic acids is 1. The van der Waals surface area contributed by atoms with Crippen LogP contribution in [0.4, 0.5) is 0 Å². The van der Waals surface area contributed by atoms with Gasteiger partial charge in [-0.3, -0.25) is 4.79 Å². The number of hydrogen-bond acceptors (Lipinski definition) is 4. The lowest BCUT2D eigenvalue weighted by molar-refractivity contribution is -0.113. The molecule has 2 nitrogen and oxygen atoms in total. The van der Waals surface area contributed by atoms with Crippen LogP contribution in [0.3, 0.4) is 0 Å². The van der Waals surface area contributed by atoms with E-state index in [4.69, 9.17) is 4.74 Å². The molecule has 4 heteroatoms. The van der Waals surface area contributed by atoms with Gasteiger partial charge in [-0.15, -0.1) is 0 Å². The Morgan fingerprint density at radius 1 is 1.31 bits per heavy atom. The van der Waals surface area contributed by atoms with Gasteiger partial charge in [0.05, 0.1) is 12.2 Å². The Labute approximate surface area is 109 Å². The molecule has 0 aliphatic rings. The van der Waals surface area contributed by atoms with Crippen molar-refractivity contribution >= 4 is 29.5 Å². The van der Waals surface area contributed by atoms with Gasteiger partial charge in [0.25, 0.3) is 0 Å². The number of ether oxygens (including phenoxy) is 1. The fraction of sp³-hybridized carbons (Fsp3) is 0.917. The molecule has 0 saturated heterocycles. The van der Waals surface area contributed by atoms with Crippen molar-refractivity contribution in [1.29, 1.82) is 0 Å². The molecular formula is C12H24O2S2. The van der Waals surface area contributed by atoms with Crippen LogP contribution in [-0.2, 0) is 9.53 Å². The minimum Gasteiger partial charge on any atom is -0.373 e. The molecule has 0 radical (unpaired) electrons. The molecule has 0 aromatic rings. The van der Waals surface area contributed by atoms with Gasteiger partial charge in [-0.05, 0) is 27.7 Å². The van der Waals surface area contributed by atoms with Crippen molar-refractivity contribution in [2.24, 2.45) is 5.92 Å². The van der Waals surface area contributed by atoms with Crippen LogP contribution in [0.25, 0.3) is 0 Å². The van der Waals surface area contributed by atoms with Crippen molar-refractivity contribution in [1.82, 2.24) is 0 Å². The molecule has 0 atom stereocenters. The highest BCUT2D eigenvalue weighted by Gasteiger charge is 2.24. The van der Waals surface area contributed by atoms with E-state index >= 15 is 0 Å². The van der Waals surface area contributed by atoms with Gasteiger partial charge in [0, 0.05) is 16.4 Å². The van der Waals surface area contributed by atoms with Crippen LogP contribution >= 0.6 is 24.4 Å². The lowest BCUT2D eigenvalue weighted by Crippen LogP contribution is -2.34. The molecule has 0 heterocycles. The molecule has 0 saturated carbocycles. The minimum atomic E-state index is -0.283. The second kappa shape index (κ2) is 6.31. The van der Waals surface area contributed by atoms with Crippen molar-refractivity contribution in [3.63, 3.8) is 0 Å². The Kier molecular flexibility index (Phi) is 6.44. The summed E-state index contributed by atoms with van der Waals surface area (Å²) in [4.78, 5) is 11.5. The SMILES string of the molecule is CC(C)C(=O)SCC(C)(C)OCC(C)(C)S. The van der Waals surface area contributed by atoms with E-state index in [1.54, 1.807) is 0 Å². The Morgan fingerprint density at radius 2 is 1.81 bits per heavy atom. The summed E-state index contributed by atoms with van der Waals surface area (Å²) in [6, 6.07) is 0. The maximum atomic E-state index is 11.5. The largest absolute Gasteiger partial charge is 0.373 e. The molecule has 0 aliphatic heterocycles. The Hall–Kier alpha value is 0.330. The molecule has 0 aromatic carbocycles. The molecule has 0 fully saturated rings. The van der Waals surface area contributed by atoms with Crippen molar-refractivity contribution in [2.45, 2.75) is 51.9 Å². The molecule has 0 rings (SSSR count). The van der Waals surface area contributed by atoms with Crippen LogP contribution in [0.5, 0.6) is 0 Å². The monoisotopic (exact) mass is 264 g/mol. The second-order valence-corrected chi connectivity index (χ2v) is 7.81. The average molecular weight is 264 g/mol. The third kappa shape index (κ3) is 8.48. The van der Waals surface area contributed by atoms with E-state index in [1.165, 1.54) is 11.8 Å². The lowest BCUT2D eigenvalue weighted by atomic mass is 10.1. The number of thiol groups is 1. The Bertz CT molecular complexity index is 230. The molecule has 0 amide bonds. The first kappa shape index (κ1) is 16.3. The van der Waals surface area contributed by atoms with Gasteiger partial charge in [-0.1, -0.05) is 25.6 Å². The molecule has 96 valence electrons. The van der Waals surface area contributed by atoms with Gasteiger partial charge in [0.2, 0.25) is 0 Å². The Morgan fingerprint density at radius 3 is 2.19 bits per heavy atom. The average Bonchev–Trinajstić information content (AvgIpc) is 2.10. The summed E-state index contributed by atoms with van der Waals surface area (Å²) in [5, 5.41) is 0.224. The molecule has 0 spiro atoms. The molecule has 0 unspecified atom stereocenters. The summed E-state index contributed by atoms with van der Waals surface area (Å²) in [6.07, 6.45) is 0. The van der Waals surface area contributed by atoms with E-state index in [0.29, 0.717) is 12.4 Å². The van der Waals surface area contributed by atoms with Gasteiger partial charge in [0.15, 0.2) is 5.12 Å². The van der Waals surface area contributed by atoms with E-state index < -0.39 is 0 Å². The zero-order valence-corrected chi connectivity index (χ0v) is 12.9. The van der Waals surface area contributed by atoms with Crippen molar-refractivity contribution in [3.05, 3.63) is 0 Å². The summed E-state index contributed by atoms with van der Waals surface area (Å²) in [5.41, 5.74) is -0.283. The zero-order valence-electron chi connectivity index (χ0n) is 11.2. The van der Waals surface area contributed by atoms with E-state index in [1.807, 2.05) is 41.5 Å². The first-order valence-electron chi connectivity index (χ1n) is 5.56. The molecule has 0 aliphatic carbocycles. The van der Waals surface area contributed by atoms with Crippen LogP contribution in [0.1, 0.15) is 41.5 Å². The van der Waals surface area contributed by atoms with Crippen molar-refractivity contribution in [2.75, 3.05) is 12.4 Å². The van der Waals surface area contributed by atoms with E-state index in [0.717, 1.165) is 0 Å². The Balaban J connectivity index is 4.01. The number of thioether (sulfide) groups is 1. The molecule has 0 bridgehead atoms. The van der Waals surface area contributed by atoms with Crippen molar-refractivity contribution < 1.29 is 9.53 Å². The summed E-state index contributed by atoms with van der Waals surface area (Å²) in [7, 11) is 0. The fourth-order valence-electron chi connectivity index (χ4n) is 0.825. The topological polar surface area (TPSA) is 26.3 Å². The predicted molar refractivity (Wildman–Crippen MR) is 75.4 cm³/mol. The number of carbonyl (C=O) groups is 1. The maximum Gasteiger partial charge on any atom is 0.191 e. The fourth-order valence-corrected chi connectivity index (χ4v) is 1.80. The van der Waals surface area contributed by atoms with Gasteiger partial charge in [-0.2, -0.15) is 12.6 Å². The van der Waals surface area contributed by atoms with Crippen LogP contribution in [-0.4, -0.2) is 27.8 Å².